The summed E-state index contributed by atoms with van der Waals surface area (Å²) in [5.74, 6) is 0. The van der Waals surface area contributed by atoms with E-state index in [0.29, 0.717) is 6.42 Å². The van der Waals surface area contributed by atoms with Crippen LogP contribution in [0.2, 0.25) is 0 Å². The molecule has 0 spiro atoms. The van der Waals surface area contributed by atoms with Gasteiger partial charge in [-0.05, 0) is 37.3 Å². The SMILES string of the molecule is CC.Cc1nc(CCc2cccc(CCOS(C)(=O)=O)c2)cs1. The molecule has 2 aromatic rings. The first kappa shape index (κ1) is 19.8. The van der Waals surface area contributed by atoms with Crippen LogP contribution >= 0.6 is 11.3 Å². The largest absolute Gasteiger partial charge is 0.270 e. The Bertz CT molecular complexity index is 693. The van der Waals surface area contributed by atoms with Crippen LogP contribution in [0.5, 0.6) is 0 Å². The Kier molecular flexibility index (Phi) is 8.44. The monoisotopic (exact) mass is 355 g/mol. The van der Waals surface area contributed by atoms with Crippen LogP contribution in [0.25, 0.3) is 0 Å². The third kappa shape index (κ3) is 8.25. The molecule has 0 saturated heterocycles. The molecule has 23 heavy (non-hydrogen) atoms. The summed E-state index contributed by atoms with van der Waals surface area (Å²) in [5, 5.41) is 3.19. The molecular formula is C17H25NO3S2. The van der Waals surface area contributed by atoms with Crippen LogP contribution in [-0.4, -0.2) is 26.3 Å². The summed E-state index contributed by atoms with van der Waals surface area (Å²) in [4.78, 5) is 4.46. The van der Waals surface area contributed by atoms with Crippen molar-refractivity contribution in [3.63, 3.8) is 0 Å². The molecular weight excluding hydrogens is 330 g/mol. The minimum Gasteiger partial charge on any atom is -0.270 e. The Labute approximate surface area is 143 Å². The highest BCUT2D eigenvalue weighted by atomic mass is 32.2. The summed E-state index contributed by atoms with van der Waals surface area (Å²) in [6, 6.07) is 8.17. The number of aryl methyl sites for hydroxylation is 3. The van der Waals surface area contributed by atoms with Crippen LogP contribution in [0.4, 0.5) is 0 Å². The lowest BCUT2D eigenvalue weighted by Crippen LogP contribution is -2.06. The Balaban J connectivity index is 0.00000127. The van der Waals surface area contributed by atoms with Gasteiger partial charge in [-0.15, -0.1) is 11.3 Å². The molecule has 0 fully saturated rings. The summed E-state index contributed by atoms with van der Waals surface area (Å²) in [7, 11) is -3.36. The van der Waals surface area contributed by atoms with Crippen molar-refractivity contribution in [3.8, 4) is 0 Å². The summed E-state index contributed by atoms with van der Waals surface area (Å²) in [5.41, 5.74) is 3.45. The topological polar surface area (TPSA) is 56.3 Å². The smallest absolute Gasteiger partial charge is 0.264 e. The Hall–Kier alpha value is -1.24. The van der Waals surface area contributed by atoms with E-state index in [1.807, 2.05) is 32.9 Å². The van der Waals surface area contributed by atoms with Crippen LogP contribution in [-0.2, 0) is 33.6 Å². The zero-order chi connectivity index (χ0) is 17.3. The van der Waals surface area contributed by atoms with Crippen LogP contribution in [0.3, 0.4) is 0 Å². The number of nitrogens with zero attached hydrogens (tertiary/aromatic N) is 1. The highest BCUT2D eigenvalue weighted by Crippen LogP contribution is 2.13. The Morgan fingerprint density at radius 2 is 1.78 bits per heavy atom. The highest BCUT2D eigenvalue weighted by molar-refractivity contribution is 7.85. The lowest BCUT2D eigenvalue weighted by molar-refractivity contribution is 0.326. The minimum atomic E-state index is -3.36. The maximum Gasteiger partial charge on any atom is 0.264 e. The van der Waals surface area contributed by atoms with Gasteiger partial charge in [-0.25, -0.2) is 4.98 Å². The van der Waals surface area contributed by atoms with Crippen LogP contribution in [0.1, 0.15) is 35.7 Å². The number of aromatic nitrogens is 1. The number of hydrogen-bond acceptors (Lipinski definition) is 5. The summed E-state index contributed by atoms with van der Waals surface area (Å²) in [6.45, 7) is 6.20. The molecule has 1 heterocycles. The lowest BCUT2D eigenvalue weighted by atomic mass is 10.0. The molecule has 2 rings (SSSR count). The lowest BCUT2D eigenvalue weighted by Gasteiger charge is -2.05. The normalized spacial score (nSPS) is 11.0. The molecule has 0 aliphatic rings. The predicted molar refractivity (Wildman–Crippen MR) is 96.5 cm³/mol. The van der Waals surface area contributed by atoms with E-state index in [-0.39, 0.29) is 6.61 Å². The van der Waals surface area contributed by atoms with Crippen LogP contribution in [0.15, 0.2) is 29.6 Å². The van der Waals surface area contributed by atoms with Crippen molar-refractivity contribution in [2.75, 3.05) is 12.9 Å². The van der Waals surface area contributed by atoms with Crippen molar-refractivity contribution in [1.82, 2.24) is 4.98 Å². The second-order valence-corrected chi connectivity index (χ2v) is 7.66. The average Bonchev–Trinajstić information content (AvgIpc) is 2.92. The maximum atomic E-state index is 10.9. The number of hydrogen-bond donors (Lipinski definition) is 0. The quantitative estimate of drug-likeness (QED) is 0.709. The summed E-state index contributed by atoms with van der Waals surface area (Å²) >= 11 is 1.67. The van der Waals surface area contributed by atoms with Crippen LogP contribution < -0.4 is 0 Å². The van der Waals surface area contributed by atoms with Crippen LogP contribution in [0, 0.1) is 6.92 Å². The molecule has 0 bridgehead atoms. The molecule has 1 aromatic carbocycles. The van der Waals surface area contributed by atoms with Gasteiger partial charge >= 0.3 is 0 Å². The summed E-state index contributed by atoms with van der Waals surface area (Å²) < 4.78 is 26.6. The van der Waals surface area contributed by atoms with Gasteiger partial charge in [0.25, 0.3) is 10.1 Å². The minimum absolute atomic E-state index is 0.188. The van der Waals surface area contributed by atoms with Crippen molar-refractivity contribution in [1.29, 1.82) is 0 Å². The van der Waals surface area contributed by atoms with E-state index in [1.54, 1.807) is 11.3 Å². The molecule has 0 N–H and O–H groups in total. The van der Waals surface area contributed by atoms with E-state index in [2.05, 4.69) is 22.5 Å². The predicted octanol–water partition coefficient (Wildman–Crippen LogP) is 3.78. The second-order valence-electron chi connectivity index (χ2n) is 4.95. The molecule has 0 aliphatic carbocycles. The van der Waals surface area contributed by atoms with E-state index < -0.39 is 10.1 Å². The maximum absolute atomic E-state index is 10.9. The van der Waals surface area contributed by atoms with Crippen molar-refractivity contribution in [2.24, 2.45) is 0 Å². The third-order valence-electron chi connectivity index (χ3n) is 3.02. The zero-order valence-corrected chi connectivity index (χ0v) is 15.8. The van der Waals surface area contributed by atoms with Gasteiger partial charge in [-0.2, -0.15) is 8.42 Å². The first-order chi connectivity index (χ1) is 10.9. The van der Waals surface area contributed by atoms with Crippen molar-refractivity contribution < 1.29 is 12.6 Å². The van der Waals surface area contributed by atoms with Gasteiger partial charge in [0.1, 0.15) is 0 Å². The molecule has 128 valence electrons. The molecule has 0 atom stereocenters. The first-order valence-corrected chi connectivity index (χ1v) is 10.5. The highest BCUT2D eigenvalue weighted by Gasteiger charge is 2.03. The second kappa shape index (κ2) is 9.80. The van der Waals surface area contributed by atoms with Crippen molar-refractivity contribution in [2.45, 2.75) is 40.0 Å². The van der Waals surface area contributed by atoms with E-state index in [4.69, 9.17) is 4.18 Å². The van der Waals surface area contributed by atoms with Gasteiger partial charge in [-0.3, -0.25) is 4.18 Å². The average molecular weight is 356 g/mol. The van der Waals surface area contributed by atoms with Gasteiger partial charge in [0, 0.05) is 5.38 Å². The molecule has 6 heteroatoms. The fraction of sp³-hybridized carbons (Fsp3) is 0.471. The summed E-state index contributed by atoms with van der Waals surface area (Å²) in [6.07, 6.45) is 3.52. The fourth-order valence-electron chi connectivity index (χ4n) is 2.05. The molecule has 0 amide bonds. The van der Waals surface area contributed by atoms with Crippen molar-refractivity contribution in [3.05, 3.63) is 51.5 Å². The van der Waals surface area contributed by atoms with Gasteiger partial charge in [-0.1, -0.05) is 38.1 Å². The molecule has 0 aliphatic heterocycles. The van der Waals surface area contributed by atoms with Gasteiger partial charge in [0.05, 0.1) is 23.6 Å². The van der Waals surface area contributed by atoms with E-state index in [9.17, 15) is 8.42 Å². The number of thiazole rings is 1. The fourth-order valence-corrected chi connectivity index (χ4v) is 3.08. The molecule has 0 saturated carbocycles. The van der Waals surface area contributed by atoms with Crippen molar-refractivity contribution >= 4 is 21.5 Å². The molecule has 0 unspecified atom stereocenters. The molecule has 0 radical (unpaired) electrons. The Morgan fingerprint density at radius 1 is 1.13 bits per heavy atom. The van der Waals surface area contributed by atoms with Gasteiger partial charge in [0.15, 0.2) is 0 Å². The van der Waals surface area contributed by atoms with Gasteiger partial charge < -0.3 is 0 Å². The van der Waals surface area contributed by atoms with Gasteiger partial charge in [0.2, 0.25) is 0 Å². The molecule has 4 nitrogen and oxygen atoms in total. The first-order valence-electron chi connectivity index (χ1n) is 7.75. The standard InChI is InChI=1S/C15H19NO3S2.C2H6/c1-12-16-15(11-20-12)7-6-13-4-3-5-14(10-13)8-9-19-21(2,17)18;1-2/h3-5,10-11H,6-9H2,1-2H3;1-2H3. The van der Waals surface area contributed by atoms with E-state index in [0.717, 1.165) is 35.4 Å². The third-order valence-corrected chi connectivity index (χ3v) is 4.43. The number of benzene rings is 1. The van der Waals surface area contributed by atoms with E-state index >= 15 is 0 Å². The Morgan fingerprint density at radius 3 is 2.35 bits per heavy atom. The zero-order valence-electron chi connectivity index (χ0n) is 14.2. The molecule has 1 aromatic heterocycles. The number of rotatable bonds is 7. The van der Waals surface area contributed by atoms with E-state index in [1.165, 1.54) is 5.56 Å².